The van der Waals surface area contributed by atoms with Gasteiger partial charge in [0, 0.05) is 0 Å². The van der Waals surface area contributed by atoms with Gasteiger partial charge in [-0.25, -0.2) is 0 Å². The first kappa shape index (κ1) is 6.96. The van der Waals surface area contributed by atoms with E-state index in [1.165, 1.54) is 12.8 Å². The van der Waals surface area contributed by atoms with E-state index >= 15 is 0 Å². The summed E-state index contributed by atoms with van der Waals surface area (Å²) in [5.41, 5.74) is 4.34. The molecule has 0 heterocycles. The standard InChI is InChI=1S/C6H15N/c1-4-6(3,7)5-2/h4-5,7H2,1-3H3/p+1. The third-order valence-electron chi connectivity index (χ3n) is 1.71. The molecule has 0 saturated carbocycles. The van der Waals surface area contributed by atoms with E-state index < -0.39 is 0 Å². The highest BCUT2D eigenvalue weighted by Gasteiger charge is 2.14. The molecule has 0 aromatic heterocycles. The van der Waals surface area contributed by atoms with Crippen molar-refractivity contribution in [3.63, 3.8) is 0 Å². The molecule has 0 spiro atoms. The van der Waals surface area contributed by atoms with Gasteiger partial charge in [0.05, 0.1) is 5.54 Å². The molecule has 1 heteroatoms. The van der Waals surface area contributed by atoms with E-state index in [1.807, 2.05) is 0 Å². The van der Waals surface area contributed by atoms with Crippen molar-refractivity contribution in [1.29, 1.82) is 0 Å². The maximum absolute atomic E-state index is 4.01. The molecule has 0 amide bonds. The SMILES string of the molecule is CCC(C)([NH3+])CC. The van der Waals surface area contributed by atoms with Crippen LogP contribution in [-0.4, -0.2) is 5.54 Å². The summed E-state index contributed by atoms with van der Waals surface area (Å²) < 4.78 is 0. The lowest BCUT2D eigenvalue weighted by Gasteiger charge is -2.14. The van der Waals surface area contributed by atoms with Crippen molar-refractivity contribution in [3.8, 4) is 0 Å². The Balaban J connectivity index is 3.36. The smallest absolute Gasteiger partial charge is 0.0912 e. The quantitative estimate of drug-likeness (QED) is 0.534. The van der Waals surface area contributed by atoms with E-state index in [0.29, 0.717) is 5.54 Å². The van der Waals surface area contributed by atoms with Crippen LogP contribution in [0.3, 0.4) is 0 Å². The zero-order valence-corrected chi connectivity index (χ0v) is 5.62. The van der Waals surface area contributed by atoms with Crippen molar-refractivity contribution < 1.29 is 5.73 Å². The fraction of sp³-hybridized carbons (Fsp3) is 1.00. The van der Waals surface area contributed by atoms with E-state index in [9.17, 15) is 0 Å². The Morgan fingerprint density at radius 1 is 1.29 bits per heavy atom. The number of hydrogen-bond donors (Lipinski definition) is 1. The third kappa shape index (κ3) is 2.63. The van der Waals surface area contributed by atoms with Gasteiger partial charge in [0.15, 0.2) is 0 Å². The molecule has 44 valence electrons. The zero-order valence-electron chi connectivity index (χ0n) is 5.62. The fourth-order valence-corrected chi connectivity index (χ4v) is 0.250. The van der Waals surface area contributed by atoms with E-state index in [1.54, 1.807) is 0 Å². The van der Waals surface area contributed by atoms with Crippen LogP contribution < -0.4 is 5.73 Å². The van der Waals surface area contributed by atoms with Crippen molar-refractivity contribution in [2.45, 2.75) is 39.2 Å². The zero-order chi connectivity index (χ0) is 5.91. The summed E-state index contributed by atoms with van der Waals surface area (Å²) in [5.74, 6) is 0. The first-order valence-corrected chi connectivity index (χ1v) is 2.97. The monoisotopic (exact) mass is 102 g/mol. The average Bonchev–Trinajstić information content (AvgIpc) is 1.68. The van der Waals surface area contributed by atoms with Crippen molar-refractivity contribution in [3.05, 3.63) is 0 Å². The maximum Gasteiger partial charge on any atom is 0.0912 e. The molecule has 0 aromatic carbocycles. The minimum atomic E-state index is 0.333. The Morgan fingerprint density at radius 3 is 1.57 bits per heavy atom. The molecule has 0 saturated heterocycles. The highest BCUT2D eigenvalue weighted by atomic mass is 14.7. The second-order valence-corrected chi connectivity index (χ2v) is 2.52. The molecule has 0 aliphatic carbocycles. The normalized spacial score (nSPS) is 12.0. The van der Waals surface area contributed by atoms with Crippen LogP contribution in [0.5, 0.6) is 0 Å². The van der Waals surface area contributed by atoms with Gasteiger partial charge in [-0.1, -0.05) is 13.8 Å². The van der Waals surface area contributed by atoms with Crippen LogP contribution in [-0.2, 0) is 0 Å². The minimum absolute atomic E-state index is 0.333. The van der Waals surface area contributed by atoms with Crippen LogP contribution >= 0.6 is 0 Å². The van der Waals surface area contributed by atoms with E-state index in [-0.39, 0.29) is 0 Å². The molecule has 3 N–H and O–H groups in total. The van der Waals surface area contributed by atoms with Gasteiger partial charge < -0.3 is 5.73 Å². The minimum Gasteiger partial charge on any atom is -0.353 e. The van der Waals surface area contributed by atoms with E-state index in [0.717, 1.165) is 0 Å². The number of rotatable bonds is 2. The van der Waals surface area contributed by atoms with Gasteiger partial charge in [0.2, 0.25) is 0 Å². The molecule has 0 aromatic rings. The summed E-state index contributed by atoms with van der Waals surface area (Å²) in [5, 5.41) is 0. The summed E-state index contributed by atoms with van der Waals surface area (Å²) in [6.07, 6.45) is 2.37. The Morgan fingerprint density at radius 2 is 1.57 bits per heavy atom. The van der Waals surface area contributed by atoms with E-state index in [4.69, 9.17) is 0 Å². The van der Waals surface area contributed by atoms with Gasteiger partial charge in [0.1, 0.15) is 0 Å². The van der Waals surface area contributed by atoms with Gasteiger partial charge in [-0.2, -0.15) is 0 Å². The van der Waals surface area contributed by atoms with Crippen LogP contribution in [0.25, 0.3) is 0 Å². The molecular formula is C6H16N+. The molecule has 0 aliphatic heterocycles. The van der Waals surface area contributed by atoms with Crippen molar-refractivity contribution in [1.82, 2.24) is 0 Å². The molecular weight excluding hydrogens is 86.1 g/mol. The Bertz CT molecular complexity index is 42.1. The Kier molecular flexibility index (Phi) is 2.30. The third-order valence-corrected chi connectivity index (χ3v) is 1.71. The van der Waals surface area contributed by atoms with Crippen LogP contribution in [0.1, 0.15) is 33.6 Å². The number of hydrogen-bond acceptors (Lipinski definition) is 0. The van der Waals surface area contributed by atoms with Gasteiger partial charge >= 0.3 is 0 Å². The molecule has 0 aliphatic rings. The molecule has 0 rings (SSSR count). The van der Waals surface area contributed by atoms with Crippen LogP contribution in [0.15, 0.2) is 0 Å². The predicted molar refractivity (Wildman–Crippen MR) is 31.9 cm³/mol. The molecule has 0 radical (unpaired) electrons. The fourth-order valence-electron chi connectivity index (χ4n) is 0.250. The summed E-state index contributed by atoms with van der Waals surface area (Å²) in [4.78, 5) is 0. The molecule has 0 bridgehead atoms. The lowest BCUT2D eigenvalue weighted by Crippen LogP contribution is -2.70. The molecule has 0 atom stereocenters. The first-order valence-electron chi connectivity index (χ1n) is 2.97. The Hall–Kier alpha value is -0.0400. The lowest BCUT2D eigenvalue weighted by atomic mass is 9.98. The second kappa shape index (κ2) is 2.31. The highest BCUT2D eigenvalue weighted by molar-refractivity contribution is 4.63. The lowest BCUT2D eigenvalue weighted by molar-refractivity contribution is -0.473. The molecule has 1 nitrogen and oxygen atoms in total. The van der Waals surface area contributed by atoms with Crippen LogP contribution in [0, 0.1) is 0 Å². The van der Waals surface area contributed by atoms with Gasteiger partial charge in [0.25, 0.3) is 0 Å². The average molecular weight is 102 g/mol. The molecule has 0 unspecified atom stereocenters. The molecule has 0 fully saturated rings. The second-order valence-electron chi connectivity index (χ2n) is 2.52. The summed E-state index contributed by atoms with van der Waals surface area (Å²) in [6, 6.07) is 0. The first-order chi connectivity index (χ1) is 3.12. The summed E-state index contributed by atoms with van der Waals surface area (Å²) >= 11 is 0. The van der Waals surface area contributed by atoms with Gasteiger partial charge in [-0.3, -0.25) is 0 Å². The molecule has 7 heavy (non-hydrogen) atoms. The summed E-state index contributed by atoms with van der Waals surface area (Å²) in [6.45, 7) is 6.54. The summed E-state index contributed by atoms with van der Waals surface area (Å²) in [7, 11) is 0. The van der Waals surface area contributed by atoms with Crippen LogP contribution in [0.2, 0.25) is 0 Å². The van der Waals surface area contributed by atoms with Crippen molar-refractivity contribution in [2.75, 3.05) is 0 Å². The number of quaternary nitrogens is 1. The maximum atomic E-state index is 4.01. The Labute approximate surface area is 45.9 Å². The van der Waals surface area contributed by atoms with Crippen LogP contribution in [0.4, 0.5) is 0 Å². The van der Waals surface area contributed by atoms with Gasteiger partial charge in [-0.15, -0.1) is 0 Å². The van der Waals surface area contributed by atoms with Crippen molar-refractivity contribution in [2.24, 2.45) is 0 Å². The topological polar surface area (TPSA) is 27.6 Å². The van der Waals surface area contributed by atoms with E-state index in [2.05, 4.69) is 26.5 Å². The highest BCUT2D eigenvalue weighted by Crippen LogP contribution is 2.04. The predicted octanol–water partition coefficient (Wildman–Crippen LogP) is 0.807. The largest absolute Gasteiger partial charge is 0.353 e. The van der Waals surface area contributed by atoms with Crippen molar-refractivity contribution >= 4 is 0 Å². The van der Waals surface area contributed by atoms with Gasteiger partial charge in [-0.05, 0) is 19.8 Å².